The van der Waals surface area contributed by atoms with Gasteiger partial charge in [0.05, 0.1) is 5.69 Å². The van der Waals surface area contributed by atoms with E-state index in [1.54, 1.807) is 0 Å². The van der Waals surface area contributed by atoms with Gasteiger partial charge in [0.1, 0.15) is 11.5 Å². The van der Waals surface area contributed by atoms with Crippen LogP contribution in [0.2, 0.25) is 0 Å². The van der Waals surface area contributed by atoms with Gasteiger partial charge in [0.2, 0.25) is 0 Å². The number of halogens is 2. The second-order valence-electron chi connectivity index (χ2n) is 7.96. The molecule has 1 N–H and O–H groups in total. The number of aromatic nitrogens is 2. The van der Waals surface area contributed by atoms with E-state index in [4.69, 9.17) is 0 Å². The van der Waals surface area contributed by atoms with Crippen LogP contribution in [-0.4, -0.2) is 22.2 Å². The summed E-state index contributed by atoms with van der Waals surface area (Å²) in [5.41, 5.74) is 4.75. The van der Waals surface area contributed by atoms with Crippen LogP contribution in [0.4, 0.5) is 8.78 Å². The van der Waals surface area contributed by atoms with Gasteiger partial charge in [0.25, 0.3) is 5.91 Å². The summed E-state index contributed by atoms with van der Waals surface area (Å²) in [6.45, 7) is 2.55. The zero-order chi connectivity index (χ0) is 20.1. The van der Waals surface area contributed by atoms with Crippen LogP contribution in [0.5, 0.6) is 0 Å². The van der Waals surface area contributed by atoms with Crippen LogP contribution in [0.25, 0.3) is 5.69 Å². The Bertz CT molecular complexity index is 1120. The average molecular weight is 393 g/mol. The highest BCUT2D eigenvalue weighted by Gasteiger charge is 2.50. The van der Waals surface area contributed by atoms with Crippen molar-refractivity contribution in [3.8, 4) is 5.69 Å². The van der Waals surface area contributed by atoms with Gasteiger partial charge in [-0.2, -0.15) is 5.10 Å². The summed E-state index contributed by atoms with van der Waals surface area (Å²) in [6, 6.07) is 11.5. The zero-order valence-electron chi connectivity index (χ0n) is 16.1. The number of hydrogen-bond acceptors (Lipinski definition) is 2. The fourth-order valence-corrected chi connectivity index (χ4v) is 4.42. The molecule has 4 nitrogen and oxygen atoms in total. The Morgan fingerprint density at radius 1 is 1.24 bits per heavy atom. The number of nitrogens with zero attached hydrogens (tertiary/aromatic N) is 2. The first-order valence-electron chi connectivity index (χ1n) is 9.93. The van der Waals surface area contributed by atoms with Crippen LogP contribution in [-0.2, 0) is 12.8 Å². The quantitative estimate of drug-likeness (QED) is 0.710. The fourth-order valence-electron chi connectivity index (χ4n) is 4.42. The van der Waals surface area contributed by atoms with E-state index in [2.05, 4.69) is 29.5 Å². The molecule has 5 rings (SSSR count). The largest absolute Gasteiger partial charge is 0.350 e. The van der Waals surface area contributed by atoms with Gasteiger partial charge in [0, 0.05) is 24.1 Å². The number of fused-ring (bicyclic) bond motifs is 3. The van der Waals surface area contributed by atoms with Crippen molar-refractivity contribution in [1.82, 2.24) is 15.1 Å². The standard InChI is InChI=1S/C23H21F2N3O/c1-13-4-2-3-5-14(13)8-9-26-23(29)21-18-11-15-10-17(15)22(18)28(27-21)20-7-6-16(24)12-19(20)25/h2-7,12,15,17H,8-11H2,1H3,(H,26,29)/t15-,17-/m1/s1. The molecule has 148 valence electrons. The maximum Gasteiger partial charge on any atom is 0.272 e. The number of rotatable bonds is 5. The maximum absolute atomic E-state index is 14.4. The highest BCUT2D eigenvalue weighted by atomic mass is 19.1. The molecule has 2 atom stereocenters. The number of carbonyl (C=O) groups excluding carboxylic acids is 1. The van der Waals surface area contributed by atoms with Gasteiger partial charge in [-0.05, 0) is 55.4 Å². The van der Waals surface area contributed by atoms with Crippen molar-refractivity contribution in [3.05, 3.63) is 82.2 Å². The van der Waals surface area contributed by atoms with Crippen LogP contribution in [0.3, 0.4) is 0 Å². The molecule has 3 aromatic rings. The Labute approximate surface area is 167 Å². The lowest BCUT2D eigenvalue weighted by Gasteiger charge is -2.08. The molecule has 2 aliphatic rings. The van der Waals surface area contributed by atoms with Crippen LogP contribution >= 0.6 is 0 Å². The van der Waals surface area contributed by atoms with E-state index >= 15 is 0 Å². The molecule has 2 aromatic carbocycles. The average Bonchev–Trinajstić information content (AvgIpc) is 3.19. The van der Waals surface area contributed by atoms with Crippen molar-refractivity contribution >= 4 is 5.91 Å². The molecule has 1 aromatic heterocycles. The van der Waals surface area contributed by atoms with Crippen LogP contribution in [0.1, 0.15) is 45.2 Å². The zero-order valence-corrected chi connectivity index (χ0v) is 16.1. The fraction of sp³-hybridized carbons (Fsp3) is 0.304. The molecular weight excluding hydrogens is 372 g/mol. The highest BCUT2D eigenvalue weighted by molar-refractivity contribution is 5.94. The first-order valence-corrected chi connectivity index (χ1v) is 9.93. The summed E-state index contributed by atoms with van der Waals surface area (Å²) in [7, 11) is 0. The Morgan fingerprint density at radius 3 is 2.86 bits per heavy atom. The molecule has 2 aliphatic carbocycles. The van der Waals surface area contributed by atoms with Gasteiger partial charge >= 0.3 is 0 Å². The summed E-state index contributed by atoms with van der Waals surface area (Å²) < 4.78 is 29.2. The lowest BCUT2D eigenvalue weighted by molar-refractivity contribution is 0.0947. The molecular formula is C23H21F2N3O. The third-order valence-corrected chi connectivity index (χ3v) is 6.06. The van der Waals surface area contributed by atoms with Crippen molar-refractivity contribution in [3.63, 3.8) is 0 Å². The van der Waals surface area contributed by atoms with E-state index in [0.29, 0.717) is 24.1 Å². The summed E-state index contributed by atoms with van der Waals surface area (Å²) in [4.78, 5) is 12.8. The molecule has 0 unspecified atom stereocenters. The molecule has 0 bridgehead atoms. The molecule has 0 aliphatic heterocycles. The summed E-state index contributed by atoms with van der Waals surface area (Å²) >= 11 is 0. The normalized spacial score (nSPS) is 19.0. The number of aryl methyl sites for hydroxylation is 1. The summed E-state index contributed by atoms with van der Waals surface area (Å²) in [5, 5.41) is 7.41. The lowest BCUT2D eigenvalue weighted by atomic mass is 10.1. The first-order chi connectivity index (χ1) is 14.0. The van der Waals surface area contributed by atoms with Crippen molar-refractivity contribution in [2.45, 2.75) is 32.1 Å². The summed E-state index contributed by atoms with van der Waals surface area (Å²) in [5.74, 6) is -0.719. The van der Waals surface area contributed by atoms with E-state index in [1.807, 2.05) is 12.1 Å². The number of nitrogens with one attached hydrogen (secondary N) is 1. The lowest BCUT2D eigenvalue weighted by Crippen LogP contribution is -2.27. The Hall–Kier alpha value is -3.02. The van der Waals surface area contributed by atoms with E-state index < -0.39 is 11.6 Å². The van der Waals surface area contributed by atoms with Crippen molar-refractivity contribution in [2.75, 3.05) is 6.54 Å². The second kappa shape index (κ2) is 6.79. The van der Waals surface area contributed by atoms with Crippen molar-refractivity contribution in [2.24, 2.45) is 5.92 Å². The van der Waals surface area contributed by atoms with Gasteiger partial charge in [-0.3, -0.25) is 4.79 Å². The van der Waals surface area contributed by atoms with E-state index in [0.717, 1.165) is 36.6 Å². The smallest absolute Gasteiger partial charge is 0.272 e. The number of carbonyl (C=O) groups is 1. The minimum absolute atomic E-state index is 0.189. The Balaban J connectivity index is 1.40. The van der Waals surface area contributed by atoms with Gasteiger partial charge in [-0.1, -0.05) is 24.3 Å². The van der Waals surface area contributed by atoms with E-state index in [1.165, 1.54) is 27.9 Å². The molecule has 6 heteroatoms. The predicted molar refractivity (Wildman–Crippen MR) is 105 cm³/mol. The molecule has 1 fully saturated rings. The van der Waals surface area contributed by atoms with Crippen LogP contribution in [0.15, 0.2) is 42.5 Å². The topological polar surface area (TPSA) is 46.9 Å². The first kappa shape index (κ1) is 18.0. The molecule has 29 heavy (non-hydrogen) atoms. The molecule has 0 radical (unpaired) electrons. The minimum Gasteiger partial charge on any atom is -0.350 e. The van der Waals surface area contributed by atoms with Crippen LogP contribution in [0, 0.1) is 24.5 Å². The molecule has 0 spiro atoms. The number of amides is 1. The van der Waals surface area contributed by atoms with E-state index in [-0.39, 0.29) is 11.6 Å². The van der Waals surface area contributed by atoms with Crippen molar-refractivity contribution < 1.29 is 13.6 Å². The van der Waals surface area contributed by atoms with Gasteiger partial charge in [0.15, 0.2) is 11.5 Å². The SMILES string of the molecule is Cc1ccccc1CCNC(=O)c1nn(-c2ccc(F)cc2F)c2c1C[C@H]1C[C@@H]21. The molecule has 0 saturated heterocycles. The van der Waals surface area contributed by atoms with Gasteiger partial charge in [-0.15, -0.1) is 0 Å². The molecule has 1 heterocycles. The summed E-state index contributed by atoms with van der Waals surface area (Å²) in [6.07, 6.45) is 2.57. The van der Waals surface area contributed by atoms with Gasteiger partial charge in [-0.25, -0.2) is 13.5 Å². The highest BCUT2D eigenvalue weighted by Crippen LogP contribution is 2.57. The number of hydrogen-bond donors (Lipinski definition) is 1. The monoisotopic (exact) mass is 393 g/mol. The predicted octanol–water partition coefficient (Wildman–Crippen LogP) is 4.09. The third-order valence-electron chi connectivity index (χ3n) is 6.06. The van der Waals surface area contributed by atoms with Gasteiger partial charge < -0.3 is 5.32 Å². The molecule has 1 saturated carbocycles. The Kier molecular flexibility index (Phi) is 4.23. The number of benzene rings is 2. The second-order valence-corrected chi connectivity index (χ2v) is 7.96. The van der Waals surface area contributed by atoms with Crippen molar-refractivity contribution in [1.29, 1.82) is 0 Å². The van der Waals surface area contributed by atoms with E-state index in [9.17, 15) is 13.6 Å². The third kappa shape index (κ3) is 3.12. The minimum atomic E-state index is -0.675. The Morgan fingerprint density at radius 2 is 2.07 bits per heavy atom. The van der Waals surface area contributed by atoms with Crippen LogP contribution < -0.4 is 5.32 Å². The molecule has 1 amide bonds. The maximum atomic E-state index is 14.4.